The predicted molar refractivity (Wildman–Crippen MR) is 50.0 cm³/mol. The summed E-state index contributed by atoms with van der Waals surface area (Å²) in [5.41, 5.74) is 0.167. The van der Waals surface area contributed by atoms with E-state index in [1.807, 2.05) is 13.0 Å². The van der Waals surface area contributed by atoms with Crippen molar-refractivity contribution in [3.63, 3.8) is 0 Å². The minimum absolute atomic E-state index is 0.0370. The van der Waals surface area contributed by atoms with Gasteiger partial charge >= 0.3 is 0 Å². The van der Waals surface area contributed by atoms with Gasteiger partial charge in [0.2, 0.25) is 0 Å². The maximum Gasteiger partial charge on any atom is 0.172 e. The lowest BCUT2D eigenvalue weighted by molar-refractivity contribution is -0.117. The van der Waals surface area contributed by atoms with Crippen LogP contribution in [-0.4, -0.2) is 18.4 Å². The lowest BCUT2D eigenvalue weighted by atomic mass is 9.80. The maximum absolute atomic E-state index is 11.3. The first kappa shape index (κ1) is 9.46. The van der Waals surface area contributed by atoms with Crippen LogP contribution in [0.1, 0.15) is 27.2 Å². The SMILES string of the molecule is CCNC1CC(C)(C)C=CC1=O. The molecule has 0 spiro atoms. The van der Waals surface area contributed by atoms with Gasteiger partial charge in [-0.15, -0.1) is 0 Å². The Morgan fingerprint density at radius 3 is 2.92 bits per heavy atom. The molecule has 0 fully saturated rings. The molecule has 1 unspecified atom stereocenters. The van der Waals surface area contributed by atoms with Crippen molar-refractivity contribution in [3.8, 4) is 0 Å². The molecule has 0 aromatic carbocycles. The molecule has 1 atom stereocenters. The fourth-order valence-corrected chi connectivity index (χ4v) is 1.54. The summed E-state index contributed by atoms with van der Waals surface area (Å²) in [6.45, 7) is 7.19. The molecule has 2 nitrogen and oxygen atoms in total. The van der Waals surface area contributed by atoms with Crippen molar-refractivity contribution in [2.45, 2.75) is 33.2 Å². The highest BCUT2D eigenvalue weighted by Crippen LogP contribution is 2.28. The molecule has 1 rings (SSSR count). The van der Waals surface area contributed by atoms with Gasteiger partial charge in [0.15, 0.2) is 5.78 Å². The van der Waals surface area contributed by atoms with E-state index in [0.29, 0.717) is 0 Å². The zero-order chi connectivity index (χ0) is 9.19. The Bertz CT molecular complexity index is 206. The fourth-order valence-electron chi connectivity index (χ4n) is 1.54. The monoisotopic (exact) mass is 167 g/mol. The average Bonchev–Trinajstić information content (AvgIpc) is 1.97. The molecule has 1 aliphatic carbocycles. The van der Waals surface area contributed by atoms with Crippen molar-refractivity contribution in [2.75, 3.05) is 6.54 Å². The highest BCUT2D eigenvalue weighted by molar-refractivity contribution is 5.95. The first-order valence-electron chi connectivity index (χ1n) is 4.51. The number of rotatable bonds is 2. The summed E-state index contributed by atoms with van der Waals surface area (Å²) in [4.78, 5) is 11.3. The van der Waals surface area contributed by atoms with Crippen LogP contribution in [0.2, 0.25) is 0 Å². The Hall–Kier alpha value is -0.630. The van der Waals surface area contributed by atoms with Gasteiger partial charge in [0, 0.05) is 0 Å². The Labute approximate surface area is 74.0 Å². The van der Waals surface area contributed by atoms with E-state index in [2.05, 4.69) is 19.2 Å². The Balaban J connectivity index is 2.67. The van der Waals surface area contributed by atoms with Gasteiger partial charge in [-0.3, -0.25) is 4.79 Å². The standard InChI is InChI=1S/C10H17NO/c1-4-11-8-7-10(2,3)6-5-9(8)12/h5-6,8,11H,4,7H2,1-3H3. The van der Waals surface area contributed by atoms with Gasteiger partial charge in [-0.1, -0.05) is 26.8 Å². The summed E-state index contributed by atoms with van der Waals surface area (Å²) in [6, 6.07) is 0.0370. The molecule has 0 radical (unpaired) electrons. The summed E-state index contributed by atoms with van der Waals surface area (Å²) in [5.74, 6) is 0.219. The number of hydrogen-bond donors (Lipinski definition) is 1. The van der Waals surface area contributed by atoms with Crippen molar-refractivity contribution >= 4 is 5.78 Å². The summed E-state index contributed by atoms with van der Waals surface area (Å²) in [7, 11) is 0. The molecule has 0 amide bonds. The molecular weight excluding hydrogens is 150 g/mol. The van der Waals surface area contributed by atoms with E-state index in [-0.39, 0.29) is 17.2 Å². The van der Waals surface area contributed by atoms with Crippen molar-refractivity contribution in [3.05, 3.63) is 12.2 Å². The summed E-state index contributed by atoms with van der Waals surface area (Å²) in [6.07, 6.45) is 4.62. The predicted octanol–water partition coefficient (Wildman–Crippen LogP) is 1.52. The number of likely N-dealkylation sites (N-methyl/N-ethyl adjacent to an activating group) is 1. The average molecular weight is 167 g/mol. The second-order valence-corrected chi connectivity index (χ2v) is 4.04. The van der Waals surface area contributed by atoms with E-state index in [1.165, 1.54) is 0 Å². The van der Waals surface area contributed by atoms with Crippen molar-refractivity contribution in [1.82, 2.24) is 5.32 Å². The number of allylic oxidation sites excluding steroid dienone is 1. The summed E-state index contributed by atoms with van der Waals surface area (Å²) < 4.78 is 0. The van der Waals surface area contributed by atoms with Crippen LogP contribution >= 0.6 is 0 Å². The quantitative estimate of drug-likeness (QED) is 0.675. The van der Waals surface area contributed by atoms with Crippen molar-refractivity contribution in [1.29, 1.82) is 0 Å². The van der Waals surface area contributed by atoms with Crippen LogP contribution in [0.25, 0.3) is 0 Å². The van der Waals surface area contributed by atoms with E-state index < -0.39 is 0 Å². The zero-order valence-corrected chi connectivity index (χ0v) is 8.05. The molecule has 2 heteroatoms. The lowest BCUT2D eigenvalue weighted by Crippen LogP contribution is -2.41. The van der Waals surface area contributed by atoms with Crippen LogP contribution in [-0.2, 0) is 4.79 Å². The molecule has 0 bridgehead atoms. The smallest absolute Gasteiger partial charge is 0.172 e. The Morgan fingerprint density at radius 1 is 1.67 bits per heavy atom. The van der Waals surface area contributed by atoms with E-state index in [0.717, 1.165) is 13.0 Å². The second kappa shape index (κ2) is 3.40. The molecule has 0 aliphatic heterocycles. The Morgan fingerprint density at radius 2 is 2.33 bits per heavy atom. The molecule has 0 heterocycles. The van der Waals surface area contributed by atoms with Gasteiger partial charge in [0.05, 0.1) is 6.04 Å². The van der Waals surface area contributed by atoms with Crippen molar-refractivity contribution in [2.24, 2.45) is 5.41 Å². The van der Waals surface area contributed by atoms with E-state index in [9.17, 15) is 4.79 Å². The minimum Gasteiger partial charge on any atom is -0.307 e. The molecule has 1 aliphatic rings. The molecule has 0 saturated heterocycles. The largest absolute Gasteiger partial charge is 0.307 e. The number of carbonyl (C=O) groups excluding carboxylic acids is 1. The molecule has 12 heavy (non-hydrogen) atoms. The first-order chi connectivity index (χ1) is 5.55. The van der Waals surface area contributed by atoms with Crippen LogP contribution < -0.4 is 5.32 Å². The third-order valence-electron chi connectivity index (χ3n) is 2.22. The second-order valence-electron chi connectivity index (χ2n) is 4.04. The van der Waals surface area contributed by atoms with Crippen LogP contribution in [0.5, 0.6) is 0 Å². The number of carbonyl (C=O) groups is 1. The third kappa shape index (κ3) is 2.18. The van der Waals surface area contributed by atoms with E-state index in [1.54, 1.807) is 6.08 Å². The molecule has 1 N–H and O–H groups in total. The molecule has 0 aromatic heterocycles. The van der Waals surface area contributed by atoms with E-state index in [4.69, 9.17) is 0 Å². The van der Waals surface area contributed by atoms with Crippen LogP contribution in [0.15, 0.2) is 12.2 Å². The molecule has 0 saturated carbocycles. The number of hydrogen-bond acceptors (Lipinski definition) is 2. The summed E-state index contributed by atoms with van der Waals surface area (Å²) in [5, 5.41) is 3.19. The van der Waals surface area contributed by atoms with Gasteiger partial charge in [0.1, 0.15) is 0 Å². The van der Waals surface area contributed by atoms with Gasteiger partial charge < -0.3 is 5.32 Å². The van der Waals surface area contributed by atoms with Gasteiger partial charge in [0.25, 0.3) is 0 Å². The molecule has 68 valence electrons. The van der Waals surface area contributed by atoms with Gasteiger partial charge in [-0.05, 0) is 24.5 Å². The highest BCUT2D eigenvalue weighted by atomic mass is 16.1. The topological polar surface area (TPSA) is 29.1 Å². The van der Waals surface area contributed by atoms with Gasteiger partial charge in [-0.25, -0.2) is 0 Å². The number of ketones is 1. The number of nitrogens with one attached hydrogen (secondary N) is 1. The fraction of sp³-hybridized carbons (Fsp3) is 0.700. The van der Waals surface area contributed by atoms with E-state index >= 15 is 0 Å². The first-order valence-corrected chi connectivity index (χ1v) is 4.51. The van der Waals surface area contributed by atoms with Gasteiger partial charge in [-0.2, -0.15) is 0 Å². The van der Waals surface area contributed by atoms with Crippen LogP contribution in [0, 0.1) is 5.41 Å². The summed E-state index contributed by atoms with van der Waals surface area (Å²) >= 11 is 0. The Kier molecular flexibility index (Phi) is 2.68. The van der Waals surface area contributed by atoms with Crippen LogP contribution in [0.3, 0.4) is 0 Å². The lowest BCUT2D eigenvalue weighted by Gasteiger charge is -2.29. The highest BCUT2D eigenvalue weighted by Gasteiger charge is 2.28. The van der Waals surface area contributed by atoms with Crippen LogP contribution in [0.4, 0.5) is 0 Å². The molecule has 0 aromatic rings. The normalized spacial score (nSPS) is 27.6. The third-order valence-corrected chi connectivity index (χ3v) is 2.22. The zero-order valence-electron chi connectivity index (χ0n) is 8.05. The maximum atomic E-state index is 11.3. The minimum atomic E-state index is 0.0370. The van der Waals surface area contributed by atoms with Crippen molar-refractivity contribution < 1.29 is 4.79 Å². The molecular formula is C10H17NO.